The van der Waals surface area contributed by atoms with E-state index in [-0.39, 0.29) is 18.2 Å². The van der Waals surface area contributed by atoms with Crippen molar-refractivity contribution in [1.82, 2.24) is 0 Å². The number of benzene rings is 1. The molecule has 0 radical (unpaired) electrons. The number of ether oxygens (including phenoxy) is 1. The van der Waals surface area contributed by atoms with Crippen LogP contribution >= 0.6 is 0 Å². The van der Waals surface area contributed by atoms with Gasteiger partial charge in [-0.1, -0.05) is 25.5 Å². The number of methoxy groups -OCH3 is 1. The maximum absolute atomic E-state index is 13.2. The van der Waals surface area contributed by atoms with Gasteiger partial charge in [-0.3, -0.25) is 4.79 Å². The fourth-order valence-electron chi connectivity index (χ4n) is 1.49. The van der Waals surface area contributed by atoms with Crippen molar-refractivity contribution in [1.29, 1.82) is 0 Å². The Kier molecular flexibility index (Phi) is 8.54. The Balaban J connectivity index is 0.000000873. The molecule has 1 aromatic rings. The summed E-state index contributed by atoms with van der Waals surface area (Å²) in [5.74, 6) is -0.636. The Morgan fingerprint density at radius 2 is 1.94 bits per heavy atom. The molecule has 3 heteroatoms. The zero-order valence-corrected chi connectivity index (χ0v) is 11.3. The minimum atomic E-state index is -0.344. The van der Waals surface area contributed by atoms with Crippen LogP contribution in [0.25, 0.3) is 0 Å². The first-order valence-corrected chi connectivity index (χ1v) is 5.99. The molecule has 0 aliphatic heterocycles. The van der Waals surface area contributed by atoms with Crippen LogP contribution in [0, 0.1) is 5.82 Å². The molecule has 18 heavy (non-hydrogen) atoms. The average molecular weight is 252 g/mol. The summed E-state index contributed by atoms with van der Waals surface area (Å²) in [6.07, 6.45) is 3.66. The lowest BCUT2D eigenvalue weighted by Gasteiger charge is -2.04. The number of aryl methyl sites for hydroxylation is 1. The van der Waals surface area contributed by atoms with Crippen molar-refractivity contribution in [3.05, 3.63) is 47.8 Å². The van der Waals surface area contributed by atoms with E-state index in [0.29, 0.717) is 5.56 Å². The van der Waals surface area contributed by atoms with Gasteiger partial charge in [-0.05, 0) is 36.6 Å². The Morgan fingerprint density at radius 1 is 1.39 bits per heavy atom. The average Bonchev–Trinajstić information content (AvgIpc) is 2.29. The number of hydrogen-bond acceptors (Lipinski definition) is 2. The van der Waals surface area contributed by atoms with E-state index in [2.05, 4.69) is 11.3 Å². The zero-order chi connectivity index (χ0) is 14.0. The lowest BCUT2D eigenvalue weighted by Crippen LogP contribution is -2.05. The molecule has 0 saturated carbocycles. The minimum Gasteiger partial charge on any atom is -0.469 e. The Labute approximate surface area is 108 Å². The molecular weight excluding hydrogens is 231 g/mol. The monoisotopic (exact) mass is 252 g/mol. The largest absolute Gasteiger partial charge is 0.469 e. The summed E-state index contributed by atoms with van der Waals surface area (Å²) in [5.41, 5.74) is 1.60. The van der Waals surface area contributed by atoms with Crippen LogP contribution < -0.4 is 0 Å². The second kappa shape index (κ2) is 9.40. The lowest BCUT2D eigenvalue weighted by molar-refractivity contribution is -0.139. The standard InChI is InChI=1S/C12H15FO2.C3H6/c1-3-4-9-5-10(7-11(13)6-9)8-12(14)15-2;1-3-2/h5-7H,3-4,8H2,1-2H3;3H,1H2,2H3. The molecule has 0 N–H and O–H groups in total. The molecule has 1 rings (SSSR count). The molecule has 0 atom stereocenters. The Hall–Kier alpha value is -1.64. The number of carbonyl (C=O) groups excluding carboxylic acids is 1. The number of esters is 1. The molecular formula is C15H21FO2. The van der Waals surface area contributed by atoms with Gasteiger partial charge >= 0.3 is 5.97 Å². The van der Waals surface area contributed by atoms with Crippen molar-refractivity contribution in [3.8, 4) is 0 Å². The lowest BCUT2D eigenvalue weighted by atomic mass is 10.0. The Morgan fingerprint density at radius 3 is 2.44 bits per heavy atom. The first kappa shape index (κ1) is 16.4. The van der Waals surface area contributed by atoms with Gasteiger partial charge < -0.3 is 4.74 Å². The fourth-order valence-corrected chi connectivity index (χ4v) is 1.49. The summed E-state index contributed by atoms with van der Waals surface area (Å²) in [4.78, 5) is 11.0. The smallest absolute Gasteiger partial charge is 0.309 e. The molecule has 0 heterocycles. The number of halogens is 1. The van der Waals surface area contributed by atoms with E-state index in [9.17, 15) is 9.18 Å². The maximum atomic E-state index is 13.2. The van der Waals surface area contributed by atoms with Crippen LogP contribution in [0.3, 0.4) is 0 Å². The van der Waals surface area contributed by atoms with Crippen LogP contribution in [0.1, 0.15) is 31.4 Å². The van der Waals surface area contributed by atoms with Crippen molar-refractivity contribution in [2.45, 2.75) is 33.1 Å². The third-order valence-corrected chi connectivity index (χ3v) is 2.13. The summed E-state index contributed by atoms with van der Waals surface area (Å²) in [5, 5.41) is 0. The second-order valence-corrected chi connectivity index (χ2v) is 3.88. The summed E-state index contributed by atoms with van der Waals surface area (Å²) >= 11 is 0. The predicted molar refractivity (Wildman–Crippen MR) is 72.0 cm³/mol. The molecule has 2 nitrogen and oxygen atoms in total. The van der Waals surface area contributed by atoms with E-state index >= 15 is 0 Å². The van der Waals surface area contributed by atoms with Crippen molar-refractivity contribution in [3.63, 3.8) is 0 Å². The van der Waals surface area contributed by atoms with Crippen LogP contribution in [-0.4, -0.2) is 13.1 Å². The van der Waals surface area contributed by atoms with E-state index in [1.165, 1.54) is 19.2 Å². The highest BCUT2D eigenvalue weighted by Gasteiger charge is 2.05. The van der Waals surface area contributed by atoms with Gasteiger partial charge in [0.25, 0.3) is 0 Å². The SMILES string of the molecule is C=CC.CCCc1cc(F)cc(CC(=O)OC)c1. The third kappa shape index (κ3) is 6.84. The van der Waals surface area contributed by atoms with Crippen LogP contribution in [0.2, 0.25) is 0 Å². The van der Waals surface area contributed by atoms with Crippen LogP contribution in [0.5, 0.6) is 0 Å². The van der Waals surface area contributed by atoms with Gasteiger partial charge in [-0.2, -0.15) is 0 Å². The quantitative estimate of drug-likeness (QED) is 0.603. The number of hydrogen-bond donors (Lipinski definition) is 0. The van der Waals surface area contributed by atoms with Gasteiger partial charge in [-0.25, -0.2) is 4.39 Å². The Bertz CT molecular complexity index is 386. The third-order valence-electron chi connectivity index (χ3n) is 2.13. The highest BCUT2D eigenvalue weighted by Crippen LogP contribution is 2.12. The van der Waals surface area contributed by atoms with Crippen molar-refractivity contribution < 1.29 is 13.9 Å². The van der Waals surface area contributed by atoms with Gasteiger partial charge in [0.1, 0.15) is 5.82 Å². The summed E-state index contributed by atoms with van der Waals surface area (Å²) in [6, 6.07) is 4.73. The number of carbonyl (C=O) groups is 1. The van der Waals surface area contributed by atoms with Crippen molar-refractivity contribution >= 4 is 5.97 Å². The molecule has 0 aliphatic rings. The van der Waals surface area contributed by atoms with Gasteiger partial charge in [0.15, 0.2) is 0 Å². The van der Waals surface area contributed by atoms with E-state index in [0.717, 1.165) is 18.4 Å². The summed E-state index contributed by atoms with van der Waals surface area (Å²) < 4.78 is 17.7. The van der Waals surface area contributed by atoms with Crippen LogP contribution in [-0.2, 0) is 22.4 Å². The molecule has 0 saturated heterocycles. The topological polar surface area (TPSA) is 26.3 Å². The number of rotatable bonds is 4. The first-order valence-electron chi connectivity index (χ1n) is 5.99. The predicted octanol–water partition coefficient (Wildman–Crippen LogP) is 3.69. The zero-order valence-electron chi connectivity index (χ0n) is 11.3. The highest BCUT2D eigenvalue weighted by atomic mass is 19.1. The summed E-state index contributed by atoms with van der Waals surface area (Å²) in [6.45, 7) is 7.28. The van der Waals surface area contributed by atoms with Crippen LogP contribution in [0.15, 0.2) is 30.9 Å². The first-order chi connectivity index (χ1) is 8.57. The molecule has 1 aromatic carbocycles. The van der Waals surface area contributed by atoms with Gasteiger partial charge in [0.05, 0.1) is 13.5 Å². The molecule has 0 spiro atoms. The van der Waals surface area contributed by atoms with E-state index in [4.69, 9.17) is 0 Å². The number of allylic oxidation sites excluding steroid dienone is 1. The molecule has 0 bridgehead atoms. The molecule has 0 amide bonds. The highest BCUT2D eigenvalue weighted by molar-refractivity contribution is 5.72. The normalized spacial score (nSPS) is 9.11. The van der Waals surface area contributed by atoms with E-state index < -0.39 is 0 Å². The van der Waals surface area contributed by atoms with Gasteiger partial charge in [0, 0.05) is 0 Å². The molecule has 0 unspecified atom stereocenters. The van der Waals surface area contributed by atoms with Crippen LogP contribution in [0.4, 0.5) is 4.39 Å². The fraction of sp³-hybridized carbons (Fsp3) is 0.400. The van der Waals surface area contributed by atoms with Crippen molar-refractivity contribution in [2.24, 2.45) is 0 Å². The van der Waals surface area contributed by atoms with Gasteiger partial charge in [0.2, 0.25) is 0 Å². The van der Waals surface area contributed by atoms with E-state index in [1.807, 2.05) is 19.9 Å². The molecule has 0 fully saturated rings. The molecule has 0 aliphatic carbocycles. The molecule has 100 valence electrons. The minimum absolute atomic E-state index is 0.130. The summed E-state index contributed by atoms with van der Waals surface area (Å²) in [7, 11) is 1.33. The molecule has 0 aromatic heterocycles. The van der Waals surface area contributed by atoms with E-state index in [1.54, 1.807) is 6.08 Å². The second-order valence-electron chi connectivity index (χ2n) is 3.88. The van der Waals surface area contributed by atoms with Gasteiger partial charge in [-0.15, -0.1) is 6.58 Å². The van der Waals surface area contributed by atoms with Crippen molar-refractivity contribution in [2.75, 3.05) is 7.11 Å². The maximum Gasteiger partial charge on any atom is 0.309 e.